The Balaban J connectivity index is 2.05. The van der Waals surface area contributed by atoms with Crippen LogP contribution < -0.4 is 5.73 Å². The third kappa shape index (κ3) is 3.13. The Morgan fingerprint density at radius 1 is 1.25 bits per heavy atom. The molecule has 1 aromatic rings. The van der Waals surface area contributed by atoms with Crippen LogP contribution in [0.15, 0.2) is 36.0 Å². The fourth-order valence-electron chi connectivity index (χ4n) is 4.11. The van der Waals surface area contributed by atoms with Gasteiger partial charge in [0.2, 0.25) is 0 Å². The van der Waals surface area contributed by atoms with Gasteiger partial charge in [0.1, 0.15) is 0 Å². The minimum Gasteiger partial charge on any atom is -0.399 e. The van der Waals surface area contributed by atoms with Crippen LogP contribution >= 0.6 is 0 Å². The van der Waals surface area contributed by atoms with Crippen LogP contribution in [0.3, 0.4) is 0 Å². The molecule has 0 aliphatic heterocycles. The first-order chi connectivity index (χ1) is 11.4. The first-order valence-electron chi connectivity index (χ1n) is 9.07. The molecule has 0 amide bonds. The summed E-state index contributed by atoms with van der Waals surface area (Å²) in [6.07, 6.45) is 10.4. The number of hydrogen-bond acceptors (Lipinski definition) is 1. The van der Waals surface area contributed by atoms with E-state index in [1.807, 2.05) is 12.1 Å². The van der Waals surface area contributed by atoms with Gasteiger partial charge in [0.05, 0.1) is 0 Å². The monoisotopic (exact) mass is 331 g/mol. The van der Waals surface area contributed by atoms with Gasteiger partial charge in [0.25, 0.3) is 5.92 Å². The van der Waals surface area contributed by atoms with Gasteiger partial charge < -0.3 is 5.73 Å². The van der Waals surface area contributed by atoms with Gasteiger partial charge in [-0.1, -0.05) is 38.5 Å². The lowest BCUT2D eigenvalue weighted by Gasteiger charge is -2.46. The molecule has 3 heteroatoms. The van der Waals surface area contributed by atoms with E-state index in [9.17, 15) is 8.78 Å². The molecular formula is C21H27F2N. The van der Waals surface area contributed by atoms with E-state index < -0.39 is 5.92 Å². The first-order valence-corrected chi connectivity index (χ1v) is 9.07. The predicted octanol–water partition coefficient (Wildman–Crippen LogP) is 5.94. The summed E-state index contributed by atoms with van der Waals surface area (Å²) >= 11 is 0. The average molecular weight is 331 g/mol. The van der Waals surface area contributed by atoms with Crippen molar-refractivity contribution < 1.29 is 8.78 Å². The zero-order valence-corrected chi connectivity index (χ0v) is 14.7. The Morgan fingerprint density at radius 3 is 2.58 bits per heavy atom. The van der Waals surface area contributed by atoms with Crippen LogP contribution in [0.25, 0.3) is 5.57 Å². The van der Waals surface area contributed by atoms with E-state index in [0.717, 1.165) is 36.1 Å². The standard InChI is InChI=1S/C21H27F2N/c1-3-6-18(24)12-16-14-20(9-5-10-20)13-15-11-17(7-8-19(15)16)21(22,23)4-2/h6-8,11-12H,3-5,9-10,13-14,24H2,1-2H3/b16-12+,18-6-. The van der Waals surface area contributed by atoms with Crippen molar-refractivity contribution in [2.24, 2.45) is 11.1 Å². The van der Waals surface area contributed by atoms with Gasteiger partial charge in [-0.25, -0.2) is 8.78 Å². The van der Waals surface area contributed by atoms with E-state index in [1.54, 1.807) is 12.1 Å². The second-order valence-corrected chi connectivity index (χ2v) is 7.42. The lowest BCUT2D eigenvalue weighted by molar-refractivity contribution is -0.00847. The van der Waals surface area contributed by atoms with Crippen LogP contribution in [0, 0.1) is 5.41 Å². The zero-order valence-electron chi connectivity index (χ0n) is 14.7. The molecule has 0 atom stereocenters. The molecule has 130 valence electrons. The van der Waals surface area contributed by atoms with Gasteiger partial charge in [-0.3, -0.25) is 0 Å². The molecule has 0 radical (unpaired) electrons. The normalized spacial score (nSPS) is 21.7. The van der Waals surface area contributed by atoms with Crippen LogP contribution in [0.4, 0.5) is 8.78 Å². The Morgan fingerprint density at radius 2 is 2.00 bits per heavy atom. The smallest absolute Gasteiger partial charge is 0.273 e. The van der Waals surface area contributed by atoms with Gasteiger partial charge in [0.15, 0.2) is 0 Å². The maximum absolute atomic E-state index is 14.1. The minimum absolute atomic E-state index is 0.150. The van der Waals surface area contributed by atoms with Crippen molar-refractivity contribution in [3.63, 3.8) is 0 Å². The first kappa shape index (κ1) is 17.2. The quantitative estimate of drug-likeness (QED) is 0.726. The average Bonchev–Trinajstić information content (AvgIpc) is 2.52. The van der Waals surface area contributed by atoms with Crippen LogP contribution in [0.2, 0.25) is 0 Å². The predicted molar refractivity (Wildman–Crippen MR) is 95.8 cm³/mol. The number of alkyl halides is 2. The third-order valence-corrected chi connectivity index (χ3v) is 5.64. The molecule has 0 heterocycles. The van der Waals surface area contributed by atoms with E-state index >= 15 is 0 Å². The van der Waals surface area contributed by atoms with Crippen LogP contribution in [-0.2, 0) is 12.3 Å². The number of hydrogen-bond donors (Lipinski definition) is 1. The summed E-state index contributed by atoms with van der Waals surface area (Å²) in [5, 5.41) is 0. The highest BCUT2D eigenvalue weighted by molar-refractivity contribution is 5.73. The second-order valence-electron chi connectivity index (χ2n) is 7.42. The molecule has 3 rings (SSSR count). The van der Waals surface area contributed by atoms with Crippen LogP contribution in [-0.4, -0.2) is 0 Å². The molecule has 0 saturated heterocycles. The minimum atomic E-state index is -2.75. The van der Waals surface area contributed by atoms with Crippen molar-refractivity contribution in [3.8, 4) is 0 Å². The van der Waals surface area contributed by atoms with Gasteiger partial charge >= 0.3 is 0 Å². The number of benzene rings is 1. The van der Waals surface area contributed by atoms with E-state index in [4.69, 9.17) is 5.73 Å². The van der Waals surface area contributed by atoms with Crippen LogP contribution in [0.1, 0.15) is 69.1 Å². The number of rotatable bonds is 4. The summed E-state index contributed by atoms with van der Waals surface area (Å²) in [6.45, 7) is 3.60. The largest absolute Gasteiger partial charge is 0.399 e. The van der Waals surface area contributed by atoms with Crippen LogP contribution in [0.5, 0.6) is 0 Å². The topological polar surface area (TPSA) is 26.0 Å². The molecule has 1 nitrogen and oxygen atoms in total. The maximum atomic E-state index is 14.1. The second kappa shape index (κ2) is 6.34. The number of fused-ring (bicyclic) bond motifs is 1. The lowest BCUT2D eigenvalue weighted by Crippen LogP contribution is -2.35. The summed E-state index contributed by atoms with van der Waals surface area (Å²) in [6, 6.07) is 5.21. The zero-order chi connectivity index (χ0) is 17.4. The molecular weight excluding hydrogens is 304 g/mol. The molecule has 2 N–H and O–H groups in total. The molecule has 2 aliphatic carbocycles. The number of allylic oxidation sites excluding steroid dienone is 3. The van der Waals surface area contributed by atoms with Gasteiger partial charge in [-0.05, 0) is 66.4 Å². The van der Waals surface area contributed by atoms with Gasteiger partial charge in [0, 0.05) is 17.7 Å². The van der Waals surface area contributed by atoms with Crippen molar-refractivity contribution >= 4 is 5.57 Å². The van der Waals surface area contributed by atoms with E-state index in [0.29, 0.717) is 0 Å². The fourth-order valence-corrected chi connectivity index (χ4v) is 4.11. The highest BCUT2D eigenvalue weighted by Gasteiger charge is 2.42. The van der Waals surface area contributed by atoms with E-state index in [2.05, 4.69) is 13.0 Å². The van der Waals surface area contributed by atoms with Crippen molar-refractivity contribution in [2.45, 2.75) is 64.7 Å². The van der Waals surface area contributed by atoms with Crippen molar-refractivity contribution in [2.75, 3.05) is 0 Å². The van der Waals surface area contributed by atoms with Gasteiger partial charge in [-0.2, -0.15) is 0 Å². The Hall–Kier alpha value is -1.64. The molecule has 1 spiro atoms. The highest BCUT2D eigenvalue weighted by atomic mass is 19.3. The Labute approximate surface area is 143 Å². The van der Waals surface area contributed by atoms with E-state index in [-0.39, 0.29) is 17.4 Å². The SMILES string of the molecule is CC/C=C(N)/C=C1\CC2(CCC2)Cc2cc(C(F)(F)CC)ccc21. The summed E-state index contributed by atoms with van der Waals surface area (Å²) in [5.41, 5.74) is 10.7. The van der Waals surface area contributed by atoms with Crippen molar-refractivity contribution in [1.29, 1.82) is 0 Å². The highest BCUT2D eigenvalue weighted by Crippen LogP contribution is 2.54. The van der Waals surface area contributed by atoms with Gasteiger partial charge in [-0.15, -0.1) is 0 Å². The lowest BCUT2D eigenvalue weighted by atomic mass is 9.58. The molecule has 24 heavy (non-hydrogen) atoms. The molecule has 1 fully saturated rings. The summed E-state index contributed by atoms with van der Waals surface area (Å²) in [4.78, 5) is 0. The van der Waals surface area contributed by atoms with Crippen molar-refractivity contribution in [3.05, 3.63) is 52.7 Å². The molecule has 0 unspecified atom stereocenters. The van der Waals surface area contributed by atoms with Crippen molar-refractivity contribution in [1.82, 2.24) is 0 Å². The molecule has 1 saturated carbocycles. The molecule has 1 aromatic carbocycles. The molecule has 0 aromatic heterocycles. The maximum Gasteiger partial charge on any atom is 0.273 e. The molecule has 0 bridgehead atoms. The summed E-state index contributed by atoms with van der Waals surface area (Å²) < 4.78 is 28.2. The number of halogens is 2. The number of nitrogens with two attached hydrogens (primary N) is 1. The molecule has 2 aliphatic rings. The van der Waals surface area contributed by atoms with E-state index in [1.165, 1.54) is 31.8 Å². The Bertz CT molecular complexity index is 681. The summed E-state index contributed by atoms with van der Waals surface area (Å²) in [7, 11) is 0. The Kier molecular flexibility index (Phi) is 4.54. The summed E-state index contributed by atoms with van der Waals surface area (Å²) in [5.74, 6) is -2.75. The fraction of sp³-hybridized carbons (Fsp3) is 0.524. The third-order valence-electron chi connectivity index (χ3n) is 5.64.